The summed E-state index contributed by atoms with van der Waals surface area (Å²) >= 11 is 0. The van der Waals surface area contributed by atoms with Crippen molar-refractivity contribution < 1.29 is 5.11 Å². The average molecular weight is 347 g/mol. The van der Waals surface area contributed by atoms with E-state index < -0.39 is 0 Å². The Bertz CT molecular complexity index is 901. The molecule has 0 radical (unpaired) electrons. The second-order valence-corrected chi connectivity index (χ2v) is 7.16. The van der Waals surface area contributed by atoms with E-state index in [0.717, 1.165) is 26.1 Å². The van der Waals surface area contributed by atoms with Gasteiger partial charge >= 0.3 is 0 Å². The number of hydrogen-bond acceptors (Lipinski definition) is 3. The van der Waals surface area contributed by atoms with Crippen LogP contribution in [-0.2, 0) is 13.1 Å². The normalized spacial score (nSPS) is 21.1. The zero-order chi connectivity index (χ0) is 17.9. The monoisotopic (exact) mass is 347 g/mol. The number of hydrogen-bond donors (Lipinski definition) is 1. The first-order chi connectivity index (χ1) is 12.7. The number of aliphatic hydroxyl groups excluding tert-OH is 1. The van der Waals surface area contributed by atoms with Gasteiger partial charge in [0.25, 0.3) is 0 Å². The Hall–Kier alpha value is -2.43. The summed E-state index contributed by atoms with van der Waals surface area (Å²) < 4.78 is 1.89. The first-order valence-electron chi connectivity index (χ1n) is 9.24. The molecule has 1 aliphatic rings. The van der Waals surface area contributed by atoms with Crippen molar-refractivity contribution >= 4 is 10.8 Å². The van der Waals surface area contributed by atoms with E-state index in [4.69, 9.17) is 0 Å². The lowest BCUT2D eigenvalue weighted by atomic mass is 9.86. The summed E-state index contributed by atoms with van der Waals surface area (Å²) in [5, 5.41) is 17.6. The predicted molar refractivity (Wildman–Crippen MR) is 105 cm³/mol. The van der Waals surface area contributed by atoms with Gasteiger partial charge in [0, 0.05) is 30.8 Å². The Morgan fingerprint density at radius 1 is 1.19 bits per heavy atom. The molecule has 0 bridgehead atoms. The van der Waals surface area contributed by atoms with E-state index in [1.807, 2.05) is 17.0 Å². The van der Waals surface area contributed by atoms with Crippen molar-refractivity contribution in [2.75, 3.05) is 13.1 Å². The zero-order valence-electron chi connectivity index (χ0n) is 15.0. The van der Waals surface area contributed by atoms with E-state index in [1.54, 1.807) is 0 Å². The number of piperidine rings is 1. The summed E-state index contributed by atoms with van der Waals surface area (Å²) in [6.45, 7) is 6.99. The van der Waals surface area contributed by atoms with Gasteiger partial charge in [-0.2, -0.15) is 5.10 Å². The van der Waals surface area contributed by atoms with Crippen LogP contribution >= 0.6 is 0 Å². The number of aromatic nitrogens is 2. The maximum Gasteiger partial charge on any atom is 0.0736 e. The van der Waals surface area contributed by atoms with Gasteiger partial charge in [0.05, 0.1) is 18.8 Å². The van der Waals surface area contributed by atoms with E-state index in [-0.39, 0.29) is 12.0 Å². The second kappa shape index (κ2) is 7.44. The van der Waals surface area contributed by atoms with Gasteiger partial charge in [-0.1, -0.05) is 48.5 Å². The fourth-order valence-corrected chi connectivity index (χ4v) is 3.95. The van der Waals surface area contributed by atoms with Gasteiger partial charge in [-0.15, -0.1) is 6.58 Å². The Balaban J connectivity index is 1.43. The summed E-state index contributed by atoms with van der Waals surface area (Å²) in [6.07, 6.45) is 6.44. The van der Waals surface area contributed by atoms with Gasteiger partial charge in [-0.05, 0) is 29.3 Å². The molecule has 0 spiro atoms. The van der Waals surface area contributed by atoms with Crippen LogP contribution in [0.1, 0.15) is 23.5 Å². The molecule has 0 amide bonds. The van der Waals surface area contributed by atoms with Crippen molar-refractivity contribution in [2.45, 2.75) is 31.5 Å². The van der Waals surface area contributed by atoms with E-state index in [9.17, 15) is 5.11 Å². The maximum absolute atomic E-state index is 10.8. The lowest BCUT2D eigenvalue weighted by Crippen LogP contribution is -2.42. The second-order valence-electron chi connectivity index (χ2n) is 7.16. The Labute approximate surface area is 154 Å². The quantitative estimate of drug-likeness (QED) is 0.718. The summed E-state index contributed by atoms with van der Waals surface area (Å²) in [6, 6.07) is 15.0. The lowest BCUT2D eigenvalue weighted by molar-refractivity contribution is 0.0477. The highest BCUT2D eigenvalue weighted by atomic mass is 16.3. The molecule has 3 aromatic rings. The molecule has 0 aliphatic carbocycles. The highest BCUT2D eigenvalue weighted by molar-refractivity contribution is 5.83. The molecule has 2 atom stereocenters. The van der Waals surface area contributed by atoms with Crippen LogP contribution in [0.4, 0.5) is 0 Å². The van der Waals surface area contributed by atoms with Crippen molar-refractivity contribution in [3.63, 3.8) is 0 Å². The molecular weight excluding hydrogens is 322 g/mol. The van der Waals surface area contributed by atoms with Crippen LogP contribution in [0.3, 0.4) is 0 Å². The summed E-state index contributed by atoms with van der Waals surface area (Å²) in [7, 11) is 0. The number of rotatable bonds is 5. The third kappa shape index (κ3) is 3.57. The molecule has 4 rings (SSSR count). The smallest absolute Gasteiger partial charge is 0.0736 e. The topological polar surface area (TPSA) is 41.3 Å². The number of nitrogens with zero attached hydrogens (tertiary/aromatic N) is 3. The molecule has 0 unspecified atom stereocenters. The maximum atomic E-state index is 10.8. The van der Waals surface area contributed by atoms with Gasteiger partial charge < -0.3 is 5.11 Å². The molecule has 1 fully saturated rings. The van der Waals surface area contributed by atoms with Crippen molar-refractivity contribution in [3.8, 4) is 0 Å². The standard InChI is InChI=1S/C22H25N3O/c1-2-10-25-15-17(13-23-25)14-24-11-9-21(22(26)16-24)20-8-7-18-5-3-4-6-19(18)12-20/h2-8,12-13,15,21-22,26H,1,9-11,14,16H2/t21-,22+/m0/s1. The Morgan fingerprint density at radius 2 is 2.04 bits per heavy atom. The van der Waals surface area contributed by atoms with Crippen LogP contribution in [0.15, 0.2) is 67.5 Å². The van der Waals surface area contributed by atoms with Crippen LogP contribution in [0, 0.1) is 0 Å². The van der Waals surface area contributed by atoms with Gasteiger partial charge in [-0.25, -0.2) is 0 Å². The molecule has 1 aliphatic heterocycles. The minimum atomic E-state index is -0.340. The first kappa shape index (κ1) is 17.0. The number of allylic oxidation sites excluding steroid dienone is 1. The highest BCUT2D eigenvalue weighted by Gasteiger charge is 2.29. The largest absolute Gasteiger partial charge is 0.391 e. The molecule has 2 heterocycles. The van der Waals surface area contributed by atoms with Crippen molar-refractivity contribution in [1.29, 1.82) is 0 Å². The van der Waals surface area contributed by atoms with Crippen LogP contribution in [0.5, 0.6) is 0 Å². The number of β-amino-alcohol motifs (C(OH)–C–C–N with tert-alkyl or cyclic N) is 1. The fourth-order valence-electron chi connectivity index (χ4n) is 3.95. The molecule has 26 heavy (non-hydrogen) atoms. The zero-order valence-corrected chi connectivity index (χ0v) is 15.0. The van der Waals surface area contributed by atoms with Crippen LogP contribution < -0.4 is 0 Å². The molecule has 0 saturated carbocycles. The van der Waals surface area contributed by atoms with Crippen LogP contribution in [0.2, 0.25) is 0 Å². The van der Waals surface area contributed by atoms with Crippen LogP contribution in [0.25, 0.3) is 10.8 Å². The molecular formula is C22H25N3O. The van der Waals surface area contributed by atoms with Crippen molar-refractivity contribution in [1.82, 2.24) is 14.7 Å². The van der Waals surface area contributed by atoms with Crippen molar-refractivity contribution in [2.24, 2.45) is 0 Å². The summed E-state index contributed by atoms with van der Waals surface area (Å²) in [5.74, 6) is 0.208. The minimum Gasteiger partial charge on any atom is -0.391 e. The molecule has 1 N–H and O–H groups in total. The highest BCUT2D eigenvalue weighted by Crippen LogP contribution is 2.31. The number of fused-ring (bicyclic) bond motifs is 1. The molecule has 4 heteroatoms. The summed E-state index contributed by atoms with van der Waals surface area (Å²) in [5.41, 5.74) is 2.43. The predicted octanol–water partition coefficient (Wildman–Crippen LogP) is 3.57. The Kier molecular flexibility index (Phi) is 4.87. The molecule has 134 valence electrons. The average Bonchev–Trinajstić information content (AvgIpc) is 3.09. The minimum absolute atomic E-state index is 0.208. The molecule has 2 aromatic carbocycles. The van der Waals surface area contributed by atoms with E-state index >= 15 is 0 Å². The SMILES string of the molecule is C=CCn1cc(CN2CC[C@@H](c3ccc4ccccc4c3)[C@H](O)C2)cn1. The third-order valence-corrected chi connectivity index (χ3v) is 5.28. The Morgan fingerprint density at radius 3 is 2.85 bits per heavy atom. The first-order valence-corrected chi connectivity index (χ1v) is 9.24. The lowest BCUT2D eigenvalue weighted by Gasteiger charge is -2.36. The van der Waals surface area contributed by atoms with Gasteiger partial charge in [0.2, 0.25) is 0 Å². The third-order valence-electron chi connectivity index (χ3n) is 5.28. The van der Waals surface area contributed by atoms with Crippen molar-refractivity contribution in [3.05, 3.63) is 78.6 Å². The van der Waals surface area contributed by atoms with E-state index in [2.05, 4.69) is 65.2 Å². The molecule has 1 saturated heterocycles. The van der Waals surface area contributed by atoms with Gasteiger partial charge in [-0.3, -0.25) is 9.58 Å². The number of aliphatic hydroxyl groups is 1. The molecule has 1 aromatic heterocycles. The van der Waals surface area contributed by atoms with E-state index in [0.29, 0.717) is 6.54 Å². The fraction of sp³-hybridized carbons (Fsp3) is 0.318. The van der Waals surface area contributed by atoms with Crippen LogP contribution in [-0.4, -0.2) is 39.0 Å². The molecule has 4 nitrogen and oxygen atoms in total. The summed E-state index contributed by atoms with van der Waals surface area (Å²) in [4.78, 5) is 2.32. The van der Waals surface area contributed by atoms with Gasteiger partial charge in [0.15, 0.2) is 0 Å². The number of benzene rings is 2. The van der Waals surface area contributed by atoms with Gasteiger partial charge in [0.1, 0.15) is 0 Å². The van der Waals surface area contributed by atoms with E-state index in [1.165, 1.54) is 21.9 Å². The number of likely N-dealkylation sites (tertiary alicyclic amines) is 1.